The molecule has 25 heavy (non-hydrogen) atoms. The van der Waals surface area contributed by atoms with Crippen molar-refractivity contribution in [1.82, 2.24) is 5.32 Å². The largest absolute Gasteiger partial charge is 0.479 e. The Morgan fingerprint density at radius 1 is 1.28 bits per heavy atom. The predicted octanol–water partition coefficient (Wildman–Crippen LogP) is 1.57. The highest BCUT2D eigenvalue weighted by Crippen LogP contribution is 2.82. The van der Waals surface area contributed by atoms with E-state index in [1.54, 1.807) is 0 Å². The number of nitrogens with one attached hydrogen (secondary N) is 1. The van der Waals surface area contributed by atoms with Gasteiger partial charge in [0.2, 0.25) is 0 Å². The van der Waals surface area contributed by atoms with Gasteiger partial charge in [-0.1, -0.05) is 30.3 Å². The molecule has 0 spiro atoms. The Morgan fingerprint density at radius 3 is 2.60 bits per heavy atom. The monoisotopic (exact) mass is 345 g/mol. The lowest BCUT2D eigenvalue weighted by Gasteiger charge is -2.29. The van der Waals surface area contributed by atoms with E-state index >= 15 is 0 Å². The average Bonchev–Trinajstić information content (AvgIpc) is 2.92. The van der Waals surface area contributed by atoms with Crippen molar-refractivity contribution < 1.29 is 29.0 Å². The van der Waals surface area contributed by atoms with Crippen LogP contribution in [-0.2, 0) is 25.7 Å². The molecule has 1 amide bonds. The second kappa shape index (κ2) is 5.21. The maximum Gasteiger partial charge on any atom is 0.408 e. The van der Waals surface area contributed by atoms with Gasteiger partial charge in [-0.2, -0.15) is 0 Å². The first kappa shape index (κ1) is 15.9. The normalized spacial score (nSPS) is 36.6. The van der Waals surface area contributed by atoms with Crippen LogP contribution in [-0.4, -0.2) is 35.8 Å². The number of ether oxygens (including phenoxy) is 2. The number of rotatable bonds is 5. The highest BCUT2D eigenvalue weighted by Gasteiger charge is 2.90. The zero-order valence-electron chi connectivity index (χ0n) is 13.7. The molecule has 5 rings (SSSR count). The number of methoxy groups -OCH3 is 1. The molecule has 4 bridgehead atoms. The molecule has 7 nitrogen and oxygen atoms in total. The lowest BCUT2D eigenvalue weighted by Crippen LogP contribution is -2.57. The van der Waals surface area contributed by atoms with Gasteiger partial charge in [-0.3, -0.25) is 4.79 Å². The van der Waals surface area contributed by atoms with Crippen LogP contribution in [0, 0.1) is 23.2 Å². The van der Waals surface area contributed by atoms with Gasteiger partial charge in [-0.05, 0) is 30.2 Å². The highest BCUT2D eigenvalue weighted by molar-refractivity contribution is 5.94. The van der Waals surface area contributed by atoms with Crippen LogP contribution in [0.25, 0.3) is 0 Å². The molecule has 0 unspecified atom stereocenters. The molecule has 2 N–H and O–H groups in total. The van der Waals surface area contributed by atoms with E-state index in [4.69, 9.17) is 9.47 Å². The van der Waals surface area contributed by atoms with Crippen molar-refractivity contribution in [2.45, 2.75) is 25.0 Å². The number of hydrogen-bond acceptors (Lipinski definition) is 5. The van der Waals surface area contributed by atoms with Crippen LogP contribution in [0.4, 0.5) is 4.79 Å². The van der Waals surface area contributed by atoms with E-state index in [1.165, 1.54) is 7.11 Å². The van der Waals surface area contributed by atoms with Crippen LogP contribution in [0.2, 0.25) is 0 Å². The number of carbonyl (C=O) groups excluding carboxylic acids is 2. The van der Waals surface area contributed by atoms with Gasteiger partial charge in [-0.15, -0.1) is 0 Å². The Kier molecular flexibility index (Phi) is 3.32. The minimum absolute atomic E-state index is 0.0320. The zero-order valence-corrected chi connectivity index (χ0v) is 13.7. The topological polar surface area (TPSA) is 102 Å². The molecule has 0 radical (unpaired) electrons. The molecule has 0 aromatic heterocycles. The quantitative estimate of drug-likeness (QED) is 0.786. The summed E-state index contributed by atoms with van der Waals surface area (Å²) in [6.45, 7) is 0.0588. The molecular formula is C18H19NO6. The van der Waals surface area contributed by atoms with E-state index in [0.29, 0.717) is 12.8 Å². The molecule has 132 valence electrons. The third kappa shape index (κ3) is 1.95. The molecule has 4 fully saturated rings. The van der Waals surface area contributed by atoms with E-state index in [0.717, 1.165) is 5.56 Å². The zero-order chi connectivity index (χ0) is 17.8. The number of carbonyl (C=O) groups is 3. The Morgan fingerprint density at radius 2 is 2.00 bits per heavy atom. The molecule has 0 heterocycles. The van der Waals surface area contributed by atoms with Crippen LogP contribution in [0.3, 0.4) is 0 Å². The molecule has 0 aliphatic heterocycles. The lowest BCUT2D eigenvalue weighted by molar-refractivity contribution is -0.148. The summed E-state index contributed by atoms with van der Waals surface area (Å²) in [6.07, 6.45) is 0.287. The van der Waals surface area contributed by atoms with Crippen LogP contribution < -0.4 is 5.32 Å². The van der Waals surface area contributed by atoms with Gasteiger partial charge in [0, 0.05) is 5.92 Å². The second-order valence-corrected chi connectivity index (χ2v) is 7.11. The fraction of sp³-hybridized carbons (Fsp3) is 0.500. The van der Waals surface area contributed by atoms with Crippen LogP contribution in [0.15, 0.2) is 30.3 Å². The molecule has 4 aliphatic carbocycles. The van der Waals surface area contributed by atoms with Gasteiger partial charge in [0.05, 0.1) is 12.5 Å². The van der Waals surface area contributed by atoms with Crippen LogP contribution in [0.5, 0.6) is 0 Å². The maximum absolute atomic E-state index is 12.2. The average molecular weight is 345 g/mol. The number of benzene rings is 1. The Bertz CT molecular complexity index is 749. The van der Waals surface area contributed by atoms with Crippen LogP contribution in [0.1, 0.15) is 18.4 Å². The number of amides is 1. The smallest absolute Gasteiger partial charge is 0.408 e. The van der Waals surface area contributed by atoms with E-state index in [2.05, 4.69) is 5.32 Å². The van der Waals surface area contributed by atoms with E-state index in [9.17, 15) is 19.5 Å². The van der Waals surface area contributed by atoms with Gasteiger partial charge in [0.1, 0.15) is 12.1 Å². The Hall–Kier alpha value is -2.57. The third-order valence-corrected chi connectivity index (χ3v) is 6.21. The van der Waals surface area contributed by atoms with E-state index in [-0.39, 0.29) is 24.4 Å². The first-order valence-electron chi connectivity index (χ1n) is 8.27. The van der Waals surface area contributed by atoms with Crippen molar-refractivity contribution in [1.29, 1.82) is 0 Å². The summed E-state index contributed by atoms with van der Waals surface area (Å²) < 4.78 is 10.1. The van der Waals surface area contributed by atoms with E-state index in [1.807, 2.05) is 30.3 Å². The van der Waals surface area contributed by atoms with Gasteiger partial charge in [0.25, 0.3) is 0 Å². The summed E-state index contributed by atoms with van der Waals surface area (Å²) >= 11 is 0. The summed E-state index contributed by atoms with van der Waals surface area (Å²) in [5, 5.41) is 12.4. The fourth-order valence-corrected chi connectivity index (χ4v) is 5.29. The fourth-order valence-electron chi connectivity index (χ4n) is 5.29. The third-order valence-electron chi connectivity index (χ3n) is 6.21. The SMILES string of the molecule is COC(=O)[C@]12C[C@@H]3C[C@H]1[C@H]2[C@]3(NC(=O)OCc1ccccc1)C(=O)O. The van der Waals surface area contributed by atoms with Crippen molar-refractivity contribution in [3.05, 3.63) is 35.9 Å². The van der Waals surface area contributed by atoms with Crippen molar-refractivity contribution in [2.24, 2.45) is 23.2 Å². The number of esters is 1. The summed E-state index contributed by atoms with van der Waals surface area (Å²) in [4.78, 5) is 36.4. The molecule has 7 heteroatoms. The molecule has 4 aliphatic rings. The molecule has 5 atom stereocenters. The number of alkyl carbamates (subject to hydrolysis) is 1. The van der Waals surface area contributed by atoms with Gasteiger partial charge >= 0.3 is 18.0 Å². The minimum atomic E-state index is -1.44. The highest BCUT2D eigenvalue weighted by atomic mass is 16.5. The molecule has 1 aromatic rings. The number of hydrogen-bond donors (Lipinski definition) is 2. The molecule has 0 saturated heterocycles. The summed E-state index contributed by atoms with van der Waals surface area (Å²) in [7, 11) is 1.31. The van der Waals surface area contributed by atoms with Crippen molar-refractivity contribution in [3.8, 4) is 0 Å². The van der Waals surface area contributed by atoms with E-state index < -0.39 is 28.9 Å². The summed E-state index contributed by atoms with van der Waals surface area (Å²) in [5.41, 5.74) is -1.37. The summed E-state index contributed by atoms with van der Waals surface area (Å²) in [5.74, 6) is -2.20. The first-order valence-corrected chi connectivity index (χ1v) is 8.27. The minimum Gasteiger partial charge on any atom is -0.479 e. The second-order valence-electron chi connectivity index (χ2n) is 7.11. The van der Waals surface area contributed by atoms with Gasteiger partial charge < -0.3 is 19.9 Å². The van der Waals surface area contributed by atoms with Crippen molar-refractivity contribution in [2.75, 3.05) is 7.11 Å². The predicted molar refractivity (Wildman–Crippen MR) is 84.3 cm³/mol. The Balaban J connectivity index is 1.50. The first-order chi connectivity index (χ1) is 12.0. The molecule has 4 saturated carbocycles. The Labute approximate surface area is 144 Å². The standard InChI is InChI=1S/C18H19NO6/c1-24-15(22)17-8-11-7-12(17)13(17)18(11,14(20)21)19-16(23)25-9-10-5-3-2-4-6-10/h2-6,11-13H,7-9H2,1H3,(H,19,23)(H,20,21)/t11-,12-,13+,17+,18-/m0/s1. The number of aliphatic carboxylic acids is 1. The van der Waals surface area contributed by atoms with Crippen LogP contribution >= 0.6 is 0 Å². The molecule has 1 aromatic carbocycles. The summed E-state index contributed by atoms with van der Waals surface area (Å²) in [6, 6.07) is 9.14. The van der Waals surface area contributed by atoms with Crippen molar-refractivity contribution in [3.63, 3.8) is 0 Å². The number of carboxylic acids is 1. The lowest BCUT2D eigenvalue weighted by atomic mass is 9.88. The molecular weight excluding hydrogens is 326 g/mol. The van der Waals surface area contributed by atoms with Crippen molar-refractivity contribution >= 4 is 18.0 Å². The van der Waals surface area contributed by atoms with Gasteiger partial charge in [-0.25, -0.2) is 9.59 Å². The van der Waals surface area contributed by atoms with Gasteiger partial charge in [0.15, 0.2) is 0 Å². The maximum atomic E-state index is 12.2. The number of carboxylic acid groups (broad SMARTS) is 1.